The highest BCUT2D eigenvalue weighted by molar-refractivity contribution is 5.56. The molecule has 3 aliphatic heterocycles. The van der Waals surface area contributed by atoms with Crippen molar-refractivity contribution in [3.63, 3.8) is 0 Å². The van der Waals surface area contributed by atoms with Crippen molar-refractivity contribution in [1.29, 1.82) is 0 Å². The largest absolute Gasteiger partial charge is 0.418 e. The smallest absolute Gasteiger partial charge is 0.380 e. The van der Waals surface area contributed by atoms with Crippen LogP contribution in [-0.2, 0) is 10.9 Å². The lowest BCUT2D eigenvalue weighted by Crippen LogP contribution is -2.54. The van der Waals surface area contributed by atoms with Crippen molar-refractivity contribution in [2.45, 2.75) is 75.4 Å². The van der Waals surface area contributed by atoms with Crippen LogP contribution in [0.2, 0.25) is 0 Å². The Morgan fingerprint density at radius 1 is 1.05 bits per heavy atom. The van der Waals surface area contributed by atoms with Gasteiger partial charge in [0.05, 0.1) is 43.7 Å². The summed E-state index contributed by atoms with van der Waals surface area (Å²) in [5, 5.41) is 0. The van der Waals surface area contributed by atoms with Gasteiger partial charge in [-0.25, -0.2) is 15.6 Å². The third-order valence-corrected chi connectivity index (χ3v) is 9.99. The second-order valence-corrected chi connectivity index (χ2v) is 12.8. The fourth-order valence-corrected chi connectivity index (χ4v) is 7.58. The molecule has 0 spiro atoms. The first kappa shape index (κ1) is 29.9. The summed E-state index contributed by atoms with van der Waals surface area (Å²) >= 11 is 0. The molecule has 6 rings (SSSR count). The van der Waals surface area contributed by atoms with Crippen LogP contribution in [0.5, 0.6) is 0 Å². The number of piperidine rings is 1. The summed E-state index contributed by atoms with van der Waals surface area (Å²) in [7, 11) is 2.04. The standard InChI is InChI=1S/C28H38F6N6O2/c1-37-17-35-36-24(37)11-26(15-42-16-26)20-3-2-4-21(10-20)39-13-23-22(28(32,33)34)9-19(12-40(23)25(39)41)18-5-7-38(8-6-18)14-27(29,30)31/h9,12-13,18,20-21,24,35-36H,2-8,10-11,14-17H2,1H3. The van der Waals surface area contributed by atoms with Gasteiger partial charge in [0, 0.05) is 23.9 Å². The van der Waals surface area contributed by atoms with E-state index in [1.54, 1.807) is 0 Å². The van der Waals surface area contributed by atoms with Crippen molar-refractivity contribution >= 4 is 5.52 Å². The average Bonchev–Trinajstić information content (AvgIpc) is 3.46. The van der Waals surface area contributed by atoms with Gasteiger partial charge in [-0.2, -0.15) is 26.3 Å². The molecule has 2 aromatic heterocycles. The van der Waals surface area contributed by atoms with Gasteiger partial charge in [0.2, 0.25) is 0 Å². The highest BCUT2D eigenvalue weighted by Gasteiger charge is 2.49. The van der Waals surface area contributed by atoms with Crippen molar-refractivity contribution in [1.82, 2.24) is 29.6 Å². The van der Waals surface area contributed by atoms with Gasteiger partial charge in [-0.05, 0) is 82.1 Å². The van der Waals surface area contributed by atoms with Gasteiger partial charge in [-0.3, -0.25) is 18.8 Å². The van der Waals surface area contributed by atoms with E-state index >= 15 is 0 Å². The molecule has 3 unspecified atom stereocenters. The van der Waals surface area contributed by atoms with Crippen molar-refractivity contribution in [3.8, 4) is 0 Å². The molecule has 1 saturated carbocycles. The van der Waals surface area contributed by atoms with E-state index in [0.29, 0.717) is 44.5 Å². The molecule has 42 heavy (non-hydrogen) atoms. The molecular weight excluding hydrogens is 566 g/mol. The highest BCUT2D eigenvalue weighted by atomic mass is 19.4. The molecule has 2 aromatic rings. The molecule has 0 bridgehead atoms. The average molecular weight is 605 g/mol. The van der Waals surface area contributed by atoms with Crippen LogP contribution in [0.15, 0.2) is 23.3 Å². The summed E-state index contributed by atoms with van der Waals surface area (Å²) in [4.78, 5) is 17.2. The number of pyridine rings is 1. The second kappa shape index (κ2) is 11.1. The molecule has 4 fully saturated rings. The highest BCUT2D eigenvalue weighted by Crippen LogP contribution is 2.49. The fourth-order valence-electron chi connectivity index (χ4n) is 7.58. The molecule has 0 amide bonds. The summed E-state index contributed by atoms with van der Waals surface area (Å²) in [5.74, 6) is -0.0835. The number of hydrogen-bond donors (Lipinski definition) is 2. The molecule has 5 heterocycles. The number of rotatable bonds is 6. The lowest BCUT2D eigenvalue weighted by atomic mass is 9.64. The predicted molar refractivity (Wildman–Crippen MR) is 143 cm³/mol. The van der Waals surface area contributed by atoms with Crippen LogP contribution >= 0.6 is 0 Å². The second-order valence-electron chi connectivity index (χ2n) is 12.8. The first-order valence-corrected chi connectivity index (χ1v) is 14.7. The molecule has 234 valence electrons. The maximum atomic E-state index is 14.3. The van der Waals surface area contributed by atoms with E-state index in [0.717, 1.165) is 36.4 Å². The number of aromatic nitrogens is 2. The van der Waals surface area contributed by atoms with Crippen LogP contribution in [-0.4, -0.2) is 77.7 Å². The van der Waals surface area contributed by atoms with E-state index in [9.17, 15) is 31.1 Å². The van der Waals surface area contributed by atoms with Crippen molar-refractivity contribution in [3.05, 3.63) is 40.1 Å². The quantitative estimate of drug-likeness (QED) is 0.479. The maximum absolute atomic E-state index is 14.3. The molecule has 1 aliphatic carbocycles. The Labute approximate surface area is 239 Å². The number of likely N-dealkylation sites (tertiary alicyclic amines) is 1. The van der Waals surface area contributed by atoms with E-state index in [-0.39, 0.29) is 48.1 Å². The Bertz CT molecular complexity index is 1330. The maximum Gasteiger partial charge on any atom is 0.418 e. The molecule has 0 aromatic carbocycles. The molecular formula is C28H38F6N6O2. The minimum Gasteiger partial charge on any atom is -0.380 e. The van der Waals surface area contributed by atoms with Gasteiger partial charge in [0.15, 0.2) is 0 Å². The van der Waals surface area contributed by atoms with Gasteiger partial charge in [-0.15, -0.1) is 0 Å². The molecule has 8 nitrogen and oxygen atoms in total. The van der Waals surface area contributed by atoms with E-state index in [2.05, 4.69) is 15.8 Å². The summed E-state index contributed by atoms with van der Waals surface area (Å²) in [6, 6.07) is 0.864. The molecule has 2 N–H and O–H groups in total. The lowest BCUT2D eigenvalue weighted by Gasteiger charge is -2.51. The molecule has 0 radical (unpaired) electrons. The van der Waals surface area contributed by atoms with E-state index in [4.69, 9.17) is 4.74 Å². The van der Waals surface area contributed by atoms with E-state index in [1.165, 1.54) is 21.9 Å². The number of nitrogens with zero attached hydrogens (tertiary/aromatic N) is 4. The Morgan fingerprint density at radius 3 is 2.38 bits per heavy atom. The normalized spacial score (nSPS) is 28.4. The van der Waals surface area contributed by atoms with Crippen LogP contribution in [0.1, 0.15) is 68.0 Å². The minimum atomic E-state index is -4.69. The molecule has 4 aliphatic rings. The summed E-state index contributed by atoms with van der Waals surface area (Å²) < 4.78 is 89.6. The zero-order valence-electron chi connectivity index (χ0n) is 23.6. The van der Waals surface area contributed by atoms with Crippen LogP contribution < -0.4 is 16.5 Å². The topological polar surface area (TPSA) is 66.2 Å². The Morgan fingerprint density at radius 2 is 1.79 bits per heavy atom. The summed E-state index contributed by atoms with van der Waals surface area (Å²) in [6.07, 6.45) is -1.30. The number of fused-ring (bicyclic) bond motifs is 1. The first-order valence-electron chi connectivity index (χ1n) is 14.7. The number of imidazole rings is 1. The summed E-state index contributed by atoms with van der Waals surface area (Å²) in [6.45, 7) is 1.24. The number of halogens is 6. The molecule has 3 atom stereocenters. The van der Waals surface area contributed by atoms with E-state index in [1.807, 2.05) is 7.05 Å². The van der Waals surface area contributed by atoms with Gasteiger partial charge >= 0.3 is 18.0 Å². The van der Waals surface area contributed by atoms with Gasteiger partial charge in [0.25, 0.3) is 0 Å². The molecule has 3 saturated heterocycles. The predicted octanol–water partition coefficient (Wildman–Crippen LogP) is 4.32. The lowest BCUT2D eigenvalue weighted by molar-refractivity contribution is -0.167. The Balaban J connectivity index is 1.26. The Kier molecular flexibility index (Phi) is 7.91. The van der Waals surface area contributed by atoms with E-state index < -0.39 is 30.2 Å². The van der Waals surface area contributed by atoms with Crippen molar-refractivity contribution < 1.29 is 31.1 Å². The van der Waals surface area contributed by atoms with Crippen LogP contribution in [0.3, 0.4) is 0 Å². The zero-order valence-corrected chi connectivity index (χ0v) is 23.6. The first-order chi connectivity index (χ1) is 19.8. The number of hydrogen-bond acceptors (Lipinski definition) is 6. The Hall–Kier alpha value is -2.13. The number of nitrogens with one attached hydrogen (secondary N) is 2. The van der Waals surface area contributed by atoms with Crippen LogP contribution in [0.25, 0.3) is 5.52 Å². The van der Waals surface area contributed by atoms with Crippen molar-refractivity contribution in [2.75, 3.05) is 46.6 Å². The SMILES string of the molecule is CN1CNNC1CC1(C2CCCC(n3cc4c(C(F)(F)F)cc(C5CCN(CC(F)(F)F)CC5)cn4c3=O)C2)COC1. The minimum absolute atomic E-state index is 0.0509. The third-order valence-electron chi connectivity index (χ3n) is 9.99. The zero-order chi connectivity index (χ0) is 29.9. The monoisotopic (exact) mass is 604 g/mol. The fraction of sp³-hybridized carbons (Fsp3) is 0.750. The van der Waals surface area contributed by atoms with Crippen LogP contribution in [0, 0.1) is 11.3 Å². The number of hydrazine groups is 1. The van der Waals surface area contributed by atoms with Crippen molar-refractivity contribution in [2.24, 2.45) is 11.3 Å². The van der Waals surface area contributed by atoms with Gasteiger partial charge in [-0.1, -0.05) is 6.42 Å². The van der Waals surface area contributed by atoms with Gasteiger partial charge < -0.3 is 4.74 Å². The van der Waals surface area contributed by atoms with Gasteiger partial charge in [0.1, 0.15) is 0 Å². The third kappa shape index (κ3) is 5.84. The number of ether oxygens (including phenoxy) is 1. The number of alkyl halides is 6. The van der Waals surface area contributed by atoms with Crippen LogP contribution in [0.4, 0.5) is 26.3 Å². The molecule has 14 heteroatoms. The summed E-state index contributed by atoms with van der Waals surface area (Å²) in [5.41, 5.74) is 5.19.